The number of hydrogen-bond acceptors (Lipinski definition) is 5. The van der Waals surface area contributed by atoms with E-state index in [2.05, 4.69) is 10.1 Å². The largest absolute Gasteiger partial charge is 0.379 e. The second-order valence-corrected chi connectivity index (χ2v) is 5.78. The average molecular weight is 330 g/mol. The Labute approximate surface area is 133 Å². The van der Waals surface area contributed by atoms with Crippen molar-refractivity contribution >= 4 is 23.2 Å². The summed E-state index contributed by atoms with van der Waals surface area (Å²) >= 11 is 12.1. The van der Waals surface area contributed by atoms with Gasteiger partial charge in [-0.15, -0.1) is 0 Å². The van der Waals surface area contributed by atoms with E-state index in [1.807, 2.05) is 6.92 Å². The standard InChI is InChI=1S/C14H17Cl2N3O2/c1-3-7-20-8-14(2,17)13-18-12(21-19-13)9-5-4-6-10(15)11(9)16/h4-6H,3,7-8,17H2,1-2H3. The van der Waals surface area contributed by atoms with Gasteiger partial charge in [-0.25, -0.2) is 0 Å². The molecule has 1 aromatic heterocycles. The highest BCUT2D eigenvalue weighted by molar-refractivity contribution is 6.43. The Morgan fingerprint density at radius 3 is 2.86 bits per heavy atom. The molecule has 0 saturated heterocycles. The first-order chi connectivity index (χ1) is 9.95. The first-order valence-corrected chi connectivity index (χ1v) is 7.36. The summed E-state index contributed by atoms with van der Waals surface area (Å²) in [6.07, 6.45) is 0.922. The molecule has 0 aliphatic carbocycles. The van der Waals surface area contributed by atoms with E-state index in [0.29, 0.717) is 34.6 Å². The molecular formula is C14H17Cl2N3O2. The van der Waals surface area contributed by atoms with E-state index in [1.165, 1.54) is 0 Å². The van der Waals surface area contributed by atoms with E-state index in [-0.39, 0.29) is 5.89 Å². The third-order valence-corrected chi connectivity index (χ3v) is 3.69. The molecule has 0 aliphatic rings. The zero-order valence-electron chi connectivity index (χ0n) is 11.9. The van der Waals surface area contributed by atoms with Crippen molar-refractivity contribution in [3.63, 3.8) is 0 Å². The van der Waals surface area contributed by atoms with Crippen molar-refractivity contribution in [1.82, 2.24) is 10.1 Å². The van der Waals surface area contributed by atoms with Gasteiger partial charge in [0, 0.05) is 6.61 Å². The van der Waals surface area contributed by atoms with E-state index >= 15 is 0 Å². The Morgan fingerprint density at radius 1 is 1.38 bits per heavy atom. The van der Waals surface area contributed by atoms with Crippen LogP contribution in [0.15, 0.2) is 22.7 Å². The van der Waals surface area contributed by atoms with Gasteiger partial charge in [0.25, 0.3) is 5.89 Å². The van der Waals surface area contributed by atoms with Gasteiger partial charge in [-0.05, 0) is 25.5 Å². The maximum Gasteiger partial charge on any atom is 0.259 e. The van der Waals surface area contributed by atoms with Crippen LogP contribution in [0.2, 0.25) is 10.0 Å². The Morgan fingerprint density at radius 2 is 2.14 bits per heavy atom. The van der Waals surface area contributed by atoms with Crippen molar-refractivity contribution in [2.45, 2.75) is 25.8 Å². The molecule has 7 heteroatoms. The lowest BCUT2D eigenvalue weighted by Gasteiger charge is -2.19. The van der Waals surface area contributed by atoms with Crippen LogP contribution in [0.3, 0.4) is 0 Å². The Kier molecular flexibility index (Phi) is 5.22. The van der Waals surface area contributed by atoms with Crippen LogP contribution >= 0.6 is 23.2 Å². The third-order valence-electron chi connectivity index (χ3n) is 2.87. The van der Waals surface area contributed by atoms with Gasteiger partial charge in [0.1, 0.15) is 5.54 Å². The molecule has 0 amide bonds. The normalized spacial score (nSPS) is 14.1. The molecule has 0 spiro atoms. The fourth-order valence-corrected chi connectivity index (χ4v) is 2.11. The summed E-state index contributed by atoms with van der Waals surface area (Å²) in [5.41, 5.74) is 5.91. The summed E-state index contributed by atoms with van der Waals surface area (Å²) in [4.78, 5) is 4.31. The highest BCUT2D eigenvalue weighted by atomic mass is 35.5. The van der Waals surface area contributed by atoms with Crippen molar-refractivity contribution in [1.29, 1.82) is 0 Å². The Hall–Kier alpha value is -1.14. The predicted octanol–water partition coefficient (Wildman–Crippen LogP) is 3.64. The lowest BCUT2D eigenvalue weighted by molar-refractivity contribution is 0.0867. The maximum atomic E-state index is 6.17. The van der Waals surface area contributed by atoms with Crippen LogP contribution in [0.25, 0.3) is 11.5 Å². The van der Waals surface area contributed by atoms with Crippen molar-refractivity contribution in [2.24, 2.45) is 5.73 Å². The second-order valence-electron chi connectivity index (χ2n) is 4.99. The number of benzene rings is 1. The zero-order valence-corrected chi connectivity index (χ0v) is 13.4. The number of ether oxygens (including phenoxy) is 1. The molecule has 0 radical (unpaired) electrons. The minimum absolute atomic E-state index is 0.282. The highest BCUT2D eigenvalue weighted by Crippen LogP contribution is 2.33. The average Bonchev–Trinajstić information content (AvgIpc) is 2.92. The van der Waals surface area contributed by atoms with Crippen LogP contribution in [0.1, 0.15) is 26.1 Å². The SMILES string of the molecule is CCCOCC(C)(N)c1noc(-c2cccc(Cl)c2Cl)n1. The number of hydrogen-bond donors (Lipinski definition) is 1. The molecule has 0 fully saturated rings. The minimum atomic E-state index is -0.831. The van der Waals surface area contributed by atoms with E-state index < -0.39 is 5.54 Å². The quantitative estimate of drug-likeness (QED) is 0.819. The van der Waals surface area contributed by atoms with Crippen molar-refractivity contribution in [2.75, 3.05) is 13.2 Å². The number of nitrogens with zero attached hydrogens (tertiary/aromatic N) is 2. The fourth-order valence-electron chi connectivity index (χ4n) is 1.73. The molecule has 0 aliphatic heterocycles. The maximum absolute atomic E-state index is 6.17. The predicted molar refractivity (Wildman–Crippen MR) is 82.4 cm³/mol. The molecule has 5 nitrogen and oxygen atoms in total. The molecule has 1 aromatic carbocycles. The first kappa shape index (κ1) is 16.2. The van der Waals surface area contributed by atoms with Gasteiger partial charge in [0.15, 0.2) is 5.82 Å². The molecule has 1 atom stereocenters. The number of halogens is 2. The molecule has 2 N–H and O–H groups in total. The fraction of sp³-hybridized carbons (Fsp3) is 0.429. The summed E-state index contributed by atoms with van der Waals surface area (Å²) in [6.45, 7) is 4.76. The van der Waals surface area contributed by atoms with E-state index in [1.54, 1.807) is 25.1 Å². The molecule has 2 aromatic rings. The van der Waals surface area contributed by atoms with Crippen LogP contribution in [-0.4, -0.2) is 23.4 Å². The van der Waals surface area contributed by atoms with Gasteiger partial charge in [-0.1, -0.05) is 41.3 Å². The van der Waals surface area contributed by atoms with Crippen molar-refractivity contribution < 1.29 is 9.26 Å². The lowest BCUT2D eigenvalue weighted by atomic mass is 10.1. The monoisotopic (exact) mass is 329 g/mol. The molecular weight excluding hydrogens is 313 g/mol. The molecule has 2 rings (SSSR count). The molecule has 114 valence electrons. The number of aromatic nitrogens is 2. The minimum Gasteiger partial charge on any atom is -0.379 e. The van der Waals surface area contributed by atoms with Crippen LogP contribution in [0.5, 0.6) is 0 Å². The van der Waals surface area contributed by atoms with Crippen molar-refractivity contribution in [3.05, 3.63) is 34.1 Å². The van der Waals surface area contributed by atoms with Crippen molar-refractivity contribution in [3.8, 4) is 11.5 Å². The Bertz CT molecular complexity index is 614. The lowest BCUT2D eigenvalue weighted by Crippen LogP contribution is -2.39. The summed E-state index contributed by atoms with van der Waals surface area (Å²) in [7, 11) is 0. The van der Waals surface area contributed by atoms with Gasteiger partial charge in [0.05, 0.1) is 22.2 Å². The number of rotatable bonds is 6. The Balaban J connectivity index is 2.23. The van der Waals surface area contributed by atoms with Gasteiger partial charge in [0.2, 0.25) is 0 Å². The van der Waals surface area contributed by atoms with Crippen LogP contribution in [0, 0.1) is 0 Å². The van der Waals surface area contributed by atoms with Gasteiger partial charge in [-0.3, -0.25) is 0 Å². The number of nitrogens with two attached hydrogens (primary N) is 1. The molecule has 1 heterocycles. The third kappa shape index (κ3) is 3.74. The second kappa shape index (κ2) is 6.75. The zero-order chi connectivity index (χ0) is 15.5. The van der Waals surface area contributed by atoms with E-state index in [4.69, 9.17) is 38.2 Å². The van der Waals surface area contributed by atoms with Crippen LogP contribution in [-0.2, 0) is 10.3 Å². The molecule has 1 unspecified atom stereocenters. The smallest absolute Gasteiger partial charge is 0.259 e. The highest BCUT2D eigenvalue weighted by Gasteiger charge is 2.28. The van der Waals surface area contributed by atoms with Gasteiger partial charge < -0.3 is 15.0 Å². The summed E-state index contributed by atoms with van der Waals surface area (Å²) in [6, 6.07) is 5.21. The van der Waals surface area contributed by atoms with E-state index in [0.717, 1.165) is 6.42 Å². The van der Waals surface area contributed by atoms with E-state index in [9.17, 15) is 0 Å². The van der Waals surface area contributed by atoms with Gasteiger partial charge >= 0.3 is 0 Å². The molecule has 21 heavy (non-hydrogen) atoms. The van der Waals surface area contributed by atoms with Crippen LogP contribution < -0.4 is 5.73 Å². The first-order valence-electron chi connectivity index (χ1n) is 6.61. The molecule has 0 bridgehead atoms. The van der Waals surface area contributed by atoms with Crippen LogP contribution in [0.4, 0.5) is 0 Å². The molecule has 0 saturated carbocycles. The summed E-state index contributed by atoms with van der Waals surface area (Å²) in [5, 5.41) is 4.72. The summed E-state index contributed by atoms with van der Waals surface area (Å²) in [5.74, 6) is 0.648. The summed E-state index contributed by atoms with van der Waals surface area (Å²) < 4.78 is 10.7. The van der Waals surface area contributed by atoms with Gasteiger partial charge in [-0.2, -0.15) is 4.98 Å². The topological polar surface area (TPSA) is 74.2 Å².